The number of carbonyl (C=O) groups excluding carboxylic acids is 1. The van der Waals surface area contributed by atoms with Gasteiger partial charge in [0.25, 0.3) is 0 Å². The SMILES string of the molecule is C[C@H]1O[C@@H](O[C@@H]2[C@@H](O)[C@@H](OCCc3ccc(O)c(O)c3)O[C@H](CO)[C@H]2OC(=O)/C=C/c2ccc(O)c(O)c2)[C@@H](O)[C@@H](O)[C@@H]1O. The van der Waals surface area contributed by atoms with Gasteiger partial charge in [-0.25, -0.2) is 4.79 Å². The molecule has 15 heteroatoms. The van der Waals surface area contributed by atoms with Crippen molar-refractivity contribution in [2.45, 2.75) is 74.8 Å². The maximum Gasteiger partial charge on any atom is 0.331 e. The predicted molar refractivity (Wildman–Crippen MR) is 147 cm³/mol. The highest BCUT2D eigenvalue weighted by molar-refractivity contribution is 5.87. The zero-order valence-corrected chi connectivity index (χ0v) is 23.5. The Labute approximate surface area is 251 Å². The third kappa shape index (κ3) is 7.76. The van der Waals surface area contributed by atoms with Crippen LogP contribution in [0, 0.1) is 0 Å². The van der Waals surface area contributed by atoms with Crippen molar-refractivity contribution in [3.63, 3.8) is 0 Å². The number of aliphatic hydroxyl groups excluding tert-OH is 5. The summed E-state index contributed by atoms with van der Waals surface area (Å²) in [6.07, 6.45) is -12.6. The molecule has 0 aromatic heterocycles. The van der Waals surface area contributed by atoms with Gasteiger partial charge in [0.2, 0.25) is 0 Å². The molecule has 0 radical (unpaired) electrons. The summed E-state index contributed by atoms with van der Waals surface area (Å²) in [5.41, 5.74) is 0.914. The number of phenols is 4. The number of phenolic OH excluding ortho intramolecular Hbond substituents is 4. The lowest BCUT2D eigenvalue weighted by atomic mass is 9.97. The summed E-state index contributed by atoms with van der Waals surface area (Å²) >= 11 is 0. The third-order valence-electron chi connectivity index (χ3n) is 7.27. The molecule has 0 aliphatic carbocycles. The average Bonchev–Trinajstić information content (AvgIpc) is 2.99. The fourth-order valence-corrected chi connectivity index (χ4v) is 4.76. The molecule has 4 rings (SSSR count). The standard InChI is InChI=1S/C29H36O15/c1-13-22(36)23(37)24(38)29(41-13)44-27-25(39)28(40-9-8-15-3-6-17(32)19(34)11-15)42-20(12-30)26(27)43-21(35)7-4-14-2-5-16(31)18(33)10-14/h2-7,10-11,13,20,22-34,36-39H,8-9,12H2,1H3/b7-4+/t13-,20-,22-,23+,24+,25-,26-,27-,28+,29+/m1/s1. The van der Waals surface area contributed by atoms with E-state index in [1.807, 2.05) is 0 Å². The number of hydrogen-bond acceptors (Lipinski definition) is 15. The second-order valence-corrected chi connectivity index (χ2v) is 10.4. The topological polar surface area (TPSA) is 245 Å². The maximum absolute atomic E-state index is 12.8. The van der Waals surface area contributed by atoms with Gasteiger partial charge in [0.15, 0.2) is 41.7 Å². The molecule has 9 N–H and O–H groups in total. The van der Waals surface area contributed by atoms with E-state index in [1.165, 1.54) is 43.3 Å². The fraction of sp³-hybridized carbons (Fsp3) is 0.483. The zero-order valence-electron chi connectivity index (χ0n) is 23.5. The molecule has 2 fully saturated rings. The van der Waals surface area contributed by atoms with Crippen LogP contribution in [0.15, 0.2) is 42.5 Å². The quantitative estimate of drug-likeness (QED) is 0.0873. The van der Waals surface area contributed by atoms with E-state index in [9.17, 15) is 50.8 Å². The first-order valence-electron chi connectivity index (χ1n) is 13.7. The molecule has 0 spiro atoms. The minimum Gasteiger partial charge on any atom is -0.504 e. The predicted octanol–water partition coefficient (Wildman–Crippen LogP) is -1.02. The summed E-state index contributed by atoms with van der Waals surface area (Å²) in [5.74, 6) is -2.40. The van der Waals surface area contributed by atoms with Crippen LogP contribution in [0.5, 0.6) is 23.0 Å². The van der Waals surface area contributed by atoms with Crippen molar-refractivity contribution < 1.29 is 74.4 Å². The van der Waals surface area contributed by atoms with Gasteiger partial charge in [-0.1, -0.05) is 12.1 Å². The summed E-state index contributed by atoms with van der Waals surface area (Å²) in [5, 5.41) is 90.5. The van der Waals surface area contributed by atoms with Crippen molar-refractivity contribution in [1.29, 1.82) is 0 Å². The number of aliphatic hydroxyl groups is 5. The highest BCUT2D eigenvalue weighted by Gasteiger charge is 2.52. The molecule has 2 aromatic rings. The number of carbonyl (C=O) groups is 1. The van der Waals surface area contributed by atoms with Crippen molar-refractivity contribution in [3.8, 4) is 23.0 Å². The Kier molecular flexibility index (Phi) is 11.0. The van der Waals surface area contributed by atoms with E-state index in [1.54, 1.807) is 6.07 Å². The highest BCUT2D eigenvalue weighted by Crippen LogP contribution is 2.32. The molecule has 0 bridgehead atoms. The van der Waals surface area contributed by atoms with Gasteiger partial charge < -0.3 is 69.6 Å². The van der Waals surface area contributed by atoms with Gasteiger partial charge >= 0.3 is 5.97 Å². The van der Waals surface area contributed by atoms with Crippen molar-refractivity contribution in [1.82, 2.24) is 0 Å². The van der Waals surface area contributed by atoms with Crippen molar-refractivity contribution in [3.05, 3.63) is 53.6 Å². The van der Waals surface area contributed by atoms with Crippen LogP contribution in [0.3, 0.4) is 0 Å². The Morgan fingerprint density at radius 1 is 0.818 bits per heavy atom. The average molecular weight is 625 g/mol. The minimum atomic E-state index is -1.77. The van der Waals surface area contributed by atoms with Crippen LogP contribution in [0.1, 0.15) is 18.1 Å². The molecule has 44 heavy (non-hydrogen) atoms. The minimum absolute atomic E-state index is 0.0754. The normalized spacial score (nSPS) is 32.5. The van der Waals surface area contributed by atoms with Crippen molar-refractivity contribution in [2.75, 3.05) is 13.2 Å². The Morgan fingerprint density at radius 2 is 1.50 bits per heavy atom. The first kappa shape index (κ1) is 33.4. The molecule has 242 valence electrons. The van der Waals surface area contributed by atoms with Gasteiger partial charge in [0.05, 0.1) is 19.3 Å². The lowest BCUT2D eigenvalue weighted by molar-refractivity contribution is -0.357. The number of rotatable bonds is 10. The van der Waals surface area contributed by atoms with E-state index in [-0.39, 0.29) is 30.3 Å². The van der Waals surface area contributed by atoms with Gasteiger partial charge in [-0.05, 0) is 54.8 Å². The van der Waals surface area contributed by atoms with Gasteiger partial charge in [-0.2, -0.15) is 0 Å². The Balaban J connectivity index is 1.52. The van der Waals surface area contributed by atoms with Gasteiger partial charge in [0, 0.05) is 6.08 Å². The van der Waals surface area contributed by atoms with E-state index >= 15 is 0 Å². The molecule has 2 aliphatic heterocycles. The molecule has 0 unspecified atom stereocenters. The van der Waals surface area contributed by atoms with E-state index in [0.717, 1.165) is 6.08 Å². The number of benzene rings is 2. The van der Waals surface area contributed by atoms with Crippen LogP contribution in [-0.4, -0.2) is 127 Å². The zero-order chi connectivity index (χ0) is 32.1. The van der Waals surface area contributed by atoms with E-state index in [2.05, 4.69) is 0 Å². The number of aromatic hydroxyl groups is 4. The van der Waals surface area contributed by atoms with Crippen LogP contribution in [-0.2, 0) is 34.9 Å². The molecule has 0 saturated carbocycles. The Bertz CT molecular complexity index is 1300. The number of hydrogen-bond donors (Lipinski definition) is 9. The van der Waals surface area contributed by atoms with Crippen LogP contribution in [0.2, 0.25) is 0 Å². The maximum atomic E-state index is 12.8. The third-order valence-corrected chi connectivity index (χ3v) is 7.27. The number of ether oxygens (including phenoxy) is 5. The first-order chi connectivity index (χ1) is 20.9. The molecule has 2 aromatic carbocycles. The van der Waals surface area contributed by atoms with Crippen LogP contribution in [0.25, 0.3) is 6.08 Å². The summed E-state index contributed by atoms with van der Waals surface area (Å²) in [4.78, 5) is 12.8. The van der Waals surface area contributed by atoms with Gasteiger partial charge in [0.1, 0.15) is 36.6 Å². The monoisotopic (exact) mass is 624 g/mol. The molecule has 2 heterocycles. The summed E-state index contributed by atoms with van der Waals surface area (Å²) in [6.45, 7) is 0.606. The van der Waals surface area contributed by atoms with Crippen LogP contribution < -0.4 is 0 Å². The van der Waals surface area contributed by atoms with Gasteiger partial charge in [-0.3, -0.25) is 0 Å². The van der Waals surface area contributed by atoms with Crippen molar-refractivity contribution >= 4 is 12.0 Å². The summed E-state index contributed by atoms with van der Waals surface area (Å²) in [6, 6.07) is 7.98. The Hall–Kier alpha value is -3.51. The molecular weight excluding hydrogens is 588 g/mol. The van der Waals surface area contributed by atoms with E-state index in [4.69, 9.17) is 23.7 Å². The molecule has 2 saturated heterocycles. The van der Waals surface area contributed by atoms with Crippen LogP contribution >= 0.6 is 0 Å². The van der Waals surface area contributed by atoms with Crippen LogP contribution in [0.4, 0.5) is 0 Å². The second-order valence-electron chi connectivity index (χ2n) is 10.4. The highest BCUT2D eigenvalue weighted by atomic mass is 16.7. The molecule has 10 atom stereocenters. The molecule has 15 nitrogen and oxygen atoms in total. The lowest BCUT2D eigenvalue weighted by Gasteiger charge is -2.46. The fourth-order valence-electron chi connectivity index (χ4n) is 4.76. The van der Waals surface area contributed by atoms with Crippen molar-refractivity contribution in [2.24, 2.45) is 0 Å². The summed E-state index contributed by atoms with van der Waals surface area (Å²) in [7, 11) is 0. The smallest absolute Gasteiger partial charge is 0.331 e. The summed E-state index contributed by atoms with van der Waals surface area (Å²) < 4.78 is 28.2. The lowest BCUT2D eigenvalue weighted by Crippen LogP contribution is -2.65. The molecule has 2 aliphatic rings. The Morgan fingerprint density at radius 3 is 2.16 bits per heavy atom. The first-order valence-corrected chi connectivity index (χ1v) is 13.7. The van der Waals surface area contributed by atoms with E-state index in [0.29, 0.717) is 11.1 Å². The second kappa shape index (κ2) is 14.5. The largest absolute Gasteiger partial charge is 0.504 e. The molecule has 0 amide bonds. The molecular formula is C29H36O15. The van der Waals surface area contributed by atoms with E-state index < -0.39 is 79.7 Å². The van der Waals surface area contributed by atoms with Gasteiger partial charge in [-0.15, -0.1) is 0 Å². The number of esters is 1.